The lowest BCUT2D eigenvalue weighted by Crippen LogP contribution is -2.28. The molecule has 1 atom stereocenters. The second kappa shape index (κ2) is 7.30. The van der Waals surface area contributed by atoms with E-state index in [-0.39, 0.29) is 11.9 Å². The van der Waals surface area contributed by atoms with Crippen molar-refractivity contribution in [3.8, 4) is 0 Å². The molecule has 0 saturated carbocycles. The minimum absolute atomic E-state index is 0.0580. The molecule has 2 nitrogen and oxygen atoms in total. The molecule has 2 aromatic carbocycles. The number of hydrogen-bond donors (Lipinski definition) is 1. The Hall–Kier alpha value is -1.03. The van der Waals surface area contributed by atoms with Gasteiger partial charge in [0.2, 0.25) is 0 Å². The number of halogens is 3. The fourth-order valence-corrected chi connectivity index (χ4v) is 3.01. The fraction of sp³-hybridized carbons (Fsp3) is 0.188. The molecule has 0 heterocycles. The molecular weight excluding hydrogens is 373 g/mol. The van der Waals surface area contributed by atoms with Gasteiger partial charge in [0.05, 0.1) is 11.6 Å². The molecule has 0 fully saturated rings. The third kappa shape index (κ3) is 4.22. The molecule has 1 N–H and O–H groups in total. The van der Waals surface area contributed by atoms with Crippen molar-refractivity contribution in [1.82, 2.24) is 5.32 Å². The van der Waals surface area contributed by atoms with Crippen molar-refractivity contribution in [2.24, 2.45) is 0 Å². The van der Waals surface area contributed by atoms with Gasteiger partial charge in [-0.05, 0) is 58.2 Å². The van der Waals surface area contributed by atoms with E-state index in [9.17, 15) is 4.79 Å². The quantitative estimate of drug-likeness (QED) is 0.723. The molecule has 110 valence electrons. The van der Waals surface area contributed by atoms with Gasteiger partial charge in [-0.25, -0.2) is 0 Å². The lowest BCUT2D eigenvalue weighted by Gasteiger charge is -2.18. The maximum Gasteiger partial charge on any atom is 0.252 e. The van der Waals surface area contributed by atoms with Crippen molar-refractivity contribution in [3.05, 3.63) is 68.1 Å². The van der Waals surface area contributed by atoms with Gasteiger partial charge in [-0.15, -0.1) is 0 Å². The summed E-state index contributed by atoms with van der Waals surface area (Å²) in [4.78, 5) is 12.4. The number of rotatable bonds is 4. The molecule has 0 aliphatic heterocycles. The predicted molar refractivity (Wildman–Crippen MR) is 91.1 cm³/mol. The Labute approximate surface area is 142 Å². The second-order valence-corrected chi connectivity index (χ2v) is 6.34. The summed E-state index contributed by atoms with van der Waals surface area (Å²) in [5, 5.41) is 4.29. The number of benzene rings is 2. The van der Waals surface area contributed by atoms with Crippen LogP contribution in [0.5, 0.6) is 0 Å². The van der Waals surface area contributed by atoms with Crippen molar-refractivity contribution < 1.29 is 4.79 Å². The van der Waals surface area contributed by atoms with E-state index in [2.05, 4.69) is 21.2 Å². The fourth-order valence-electron chi connectivity index (χ4n) is 2.03. The maximum absolute atomic E-state index is 12.4. The first kappa shape index (κ1) is 16.3. The van der Waals surface area contributed by atoms with Crippen LogP contribution in [0.15, 0.2) is 46.9 Å². The standard InChI is InChI=1S/C16H14BrCl2NO/c1-2-15(10-3-5-11(18)6-4-10)20-16(21)13-8-7-12(19)9-14(13)17/h3-9,15H,2H2,1H3,(H,20,21). The topological polar surface area (TPSA) is 29.1 Å². The Morgan fingerprint density at radius 1 is 1.14 bits per heavy atom. The molecule has 0 bridgehead atoms. The molecule has 0 spiro atoms. The van der Waals surface area contributed by atoms with Crippen molar-refractivity contribution in [1.29, 1.82) is 0 Å². The van der Waals surface area contributed by atoms with Crippen molar-refractivity contribution in [3.63, 3.8) is 0 Å². The van der Waals surface area contributed by atoms with Crippen LogP contribution < -0.4 is 5.32 Å². The molecule has 0 saturated heterocycles. The third-order valence-corrected chi connectivity index (χ3v) is 4.30. The summed E-state index contributed by atoms with van der Waals surface area (Å²) in [5.74, 6) is -0.139. The summed E-state index contributed by atoms with van der Waals surface area (Å²) in [6, 6.07) is 12.5. The lowest BCUT2D eigenvalue weighted by molar-refractivity contribution is 0.0935. The number of hydrogen-bond acceptors (Lipinski definition) is 1. The number of carbonyl (C=O) groups excluding carboxylic acids is 1. The normalized spacial score (nSPS) is 12.0. The van der Waals surface area contributed by atoms with Crippen LogP contribution in [0, 0.1) is 0 Å². The highest BCUT2D eigenvalue weighted by molar-refractivity contribution is 9.10. The highest BCUT2D eigenvalue weighted by atomic mass is 79.9. The molecule has 0 aliphatic rings. The molecule has 0 aromatic heterocycles. The summed E-state index contributed by atoms with van der Waals surface area (Å²) in [7, 11) is 0. The van der Waals surface area contributed by atoms with Gasteiger partial charge in [0.15, 0.2) is 0 Å². The van der Waals surface area contributed by atoms with Gasteiger partial charge < -0.3 is 5.32 Å². The third-order valence-electron chi connectivity index (χ3n) is 3.16. The minimum Gasteiger partial charge on any atom is -0.345 e. The highest BCUT2D eigenvalue weighted by Crippen LogP contribution is 2.24. The molecule has 0 radical (unpaired) electrons. The summed E-state index contributed by atoms with van der Waals surface area (Å²) in [6.07, 6.45) is 0.790. The van der Waals surface area contributed by atoms with Crippen LogP contribution in [-0.2, 0) is 0 Å². The largest absolute Gasteiger partial charge is 0.345 e. The van der Waals surface area contributed by atoms with Crippen molar-refractivity contribution >= 4 is 45.0 Å². The first-order valence-corrected chi connectivity index (χ1v) is 8.07. The van der Waals surface area contributed by atoms with Gasteiger partial charge in [-0.2, -0.15) is 0 Å². The van der Waals surface area contributed by atoms with E-state index in [1.165, 1.54) is 0 Å². The summed E-state index contributed by atoms with van der Waals surface area (Å²) >= 11 is 15.1. The molecule has 5 heteroatoms. The van der Waals surface area contributed by atoms with Crippen LogP contribution >= 0.6 is 39.1 Å². The van der Waals surface area contributed by atoms with E-state index < -0.39 is 0 Å². The molecule has 2 aromatic rings. The summed E-state index contributed by atoms with van der Waals surface area (Å²) < 4.78 is 0.679. The average Bonchev–Trinajstić information content (AvgIpc) is 2.45. The highest BCUT2D eigenvalue weighted by Gasteiger charge is 2.16. The van der Waals surface area contributed by atoms with Gasteiger partial charge in [-0.1, -0.05) is 42.3 Å². The number of carbonyl (C=O) groups is 1. The number of amides is 1. The molecule has 2 rings (SSSR count). The first-order valence-electron chi connectivity index (χ1n) is 6.52. The van der Waals surface area contributed by atoms with E-state index >= 15 is 0 Å². The lowest BCUT2D eigenvalue weighted by atomic mass is 10.0. The summed E-state index contributed by atoms with van der Waals surface area (Å²) in [5.41, 5.74) is 1.59. The molecule has 0 aliphatic carbocycles. The Balaban J connectivity index is 2.18. The van der Waals surface area contributed by atoms with Crippen molar-refractivity contribution in [2.75, 3.05) is 0 Å². The Morgan fingerprint density at radius 3 is 2.33 bits per heavy atom. The van der Waals surface area contributed by atoms with Crippen LogP contribution in [0.25, 0.3) is 0 Å². The van der Waals surface area contributed by atoms with Crippen molar-refractivity contribution in [2.45, 2.75) is 19.4 Å². The Bertz CT molecular complexity index is 643. The zero-order valence-electron chi connectivity index (χ0n) is 11.4. The van der Waals surface area contributed by atoms with E-state index in [1.54, 1.807) is 18.2 Å². The zero-order valence-corrected chi connectivity index (χ0v) is 14.5. The zero-order chi connectivity index (χ0) is 15.4. The van der Waals surface area contributed by atoms with Gasteiger partial charge in [-0.3, -0.25) is 4.79 Å². The predicted octanol–water partition coefficient (Wildman–Crippen LogP) is 5.64. The van der Waals surface area contributed by atoms with Crippen LogP contribution in [-0.4, -0.2) is 5.91 Å². The Kier molecular flexibility index (Phi) is 5.68. The maximum atomic E-state index is 12.4. The van der Waals surface area contributed by atoms with Crippen LogP contribution in [0.2, 0.25) is 10.0 Å². The van der Waals surface area contributed by atoms with Crippen LogP contribution in [0.4, 0.5) is 0 Å². The average molecular weight is 387 g/mol. The smallest absolute Gasteiger partial charge is 0.252 e. The van der Waals surface area contributed by atoms with E-state index in [0.717, 1.165) is 12.0 Å². The molecule has 21 heavy (non-hydrogen) atoms. The number of nitrogens with one attached hydrogen (secondary N) is 1. The van der Waals surface area contributed by atoms with Gasteiger partial charge in [0, 0.05) is 14.5 Å². The molecule has 1 amide bonds. The van der Waals surface area contributed by atoms with Gasteiger partial charge >= 0.3 is 0 Å². The van der Waals surface area contributed by atoms with Crippen LogP contribution in [0.3, 0.4) is 0 Å². The van der Waals surface area contributed by atoms with Gasteiger partial charge in [0.25, 0.3) is 5.91 Å². The second-order valence-electron chi connectivity index (χ2n) is 4.61. The minimum atomic E-state index is -0.139. The molecular formula is C16H14BrCl2NO. The first-order chi connectivity index (χ1) is 10.0. The monoisotopic (exact) mass is 385 g/mol. The van der Waals surface area contributed by atoms with E-state index in [4.69, 9.17) is 23.2 Å². The van der Waals surface area contributed by atoms with E-state index in [1.807, 2.05) is 31.2 Å². The summed E-state index contributed by atoms with van der Waals surface area (Å²) in [6.45, 7) is 2.02. The SMILES string of the molecule is CCC(NC(=O)c1ccc(Cl)cc1Br)c1ccc(Cl)cc1. The molecule has 1 unspecified atom stereocenters. The Morgan fingerprint density at radius 2 is 1.76 bits per heavy atom. The van der Waals surface area contributed by atoms with Gasteiger partial charge in [0.1, 0.15) is 0 Å². The van der Waals surface area contributed by atoms with E-state index in [0.29, 0.717) is 20.1 Å². The van der Waals surface area contributed by atoms with Crippen LogP contribution in [0.1, 0.15) is 35.3 Å².